The van der Waals surface area contributed by atoms with Gasteiger partial charge in [-0.15, -0.1) is 0 Å². The Balaban J connectivity index is 1.87. The molecule has 170 valence electrons. The summed E-state index contributed by atoms with van der Waals surface area (Å²) in [5, 5.41) is 12.5. The Hall–Kier alpha value is -2.38. The largest absolute Gasteiger partial charge is 0.289 e. The minimum absolute atomic E-state index is 0.00220. The lowest BCUT2D eigenvalue weighted by Gasteiger charge is -2.22. The first-order chi connectivity index (χ1) is 17.4. The van der Waals surface area contributed by atoms with E-state index in [4.69, 9.17) is 0 Å². The van der Waals surface area contributed by atoms with Crippen molar-refractivity contribution < 1.29 is 0 Å². The van der Waals surface area contributed by atoms with E-state index in [1.165, 1.54) is 0 Å². The van der Waals surface area contributed by atoms with Crippen LogP contribution >= 0.6 is 63.7 Å². The summed E-state index contributed by atoms with van der Waals surface area (Å²) in [4.78, 5) is 27.6. The van der Waals surface area contributed by atoms with Crippen molar-refractivity contribution in [2.45, 2.75) is 0 Å². The maximum absolute atomic E-state index is 13.8. The van der Waals surface area contributed by atoms with Crippen LogP contribution in [0.4, 0.5) is 0 Å². The third-order valence-corrected chi connectivity index (χ3v) is 11.1. The SMILES string of the molecule is O=c1c2ccc3cc4c5ccccc5c(=O)c5c(Br)c(Br)c6c(Br)c(c7cccc(Br)c17)c2c3c6c54. The van der Waals surface area contributed by atoms with Gasteiger partial charge in [0.05, 0.1) is 0 Å². The molecule has 0 bridgehead atoms. The van der Waals surface area contributed by atoms with Crippen molar-refractivity contribution in [2.75, 3.05) is 0 Å². The molecule has 0 aliphatic rings. The molecule has 0 N–H and O–H groups in total. The zero-order chi connectivity index (χ0) is 24.6. The Labute approximate surface area is 236 Å². The van der Waals surface area contributed by atoms with Crippen molar-refractivity contribution >= 4 is 139 Å². The van der Waals surface area contributed by atoms with E-state index in [9.17, 15) is 9.59 Å². The number of hydrogen-bond donors (Lipinski definition) is 0. The highest BCUT2D eigenvalue weighted by molar-refractivity contribution is 9.13. The van der Waals surface area contributed by atoms with E-state index >= 15 is 0 Å². The van der Waals surface area contributed by atoms with Gasteiger partial charge in [-0.3, -0.25) is 9.59 Å². The van der Waals surface area contributed by atoms with Gasteiger partial charge in [0, 0.05) is 66.4 Å². The van der Waals surface area contributed by atoms with Crippen molar-refractivity contribution in [1.82, 2.24) is 0 Å². The van der Waals surface area contributed by atoms with Gasteiger partial charge < -0.3 is 0 Å². The molecule has 6 heteroatoms. The van der Waals surface area contributed by atoms with Crippen LogP contribution in [-0.2, 0) is 0 Å². The van der Waals surface area contributed by atoms with Crippen molar-refractivity contribution in [2.24, 2.45) is 0 Å². The summed E-state index contributed by atoms with van der Waals surface area (Å²) < 4.78 is 3.24. The zero-order valence-corrected chi connectivity index (χ0v) is 24.4. The van der Waals surface area contributed by atoms with Gasteiger partial charge in [-0.05, 0) is 92.9 Å². The van der Waals surface area contributed by atoms with E-state index in [0.29, 0.717) is 21.5 Å². The van der Waals surface area contributed by atoms with Gasteiger partial charge in [0.15, 0.2) is 10.9 Å². The van der Waals surface area contributed by atoms with Gasteiger partial charge in [0.2, 0.25) is 0 Å². The second-order valence-corrected chi connectivity index (χ2v) is 12.4. The van der Waals surface area contributed by atoms with Crippen molar-refractivity contribution in [1.29, 1.82) is 0 Å². The van der Waals surface area contributed by atoms with E-state index in [0.717, 1.165) is 71.8 Å². The molecule has 0 spiro atoms. The highest BCUT2D eigenvalue weighted by atomic mass is 79.9. The minimum atomic E-state index is -0.00220. The molecule has 0 atom stereocenters. The molecule has 36 heavy (non-hydrogen) atoms. The van der Waals surface area contributed by atoms with Gasteiger partial charge >= 0.3 is 0 Å². The molecule has 2 nitrogen and oxygen atoms in total. The Morgan fingerprint density at radius 3 is 1.89 bits per heavy atom. The fourth-order valence-corrected chi connectivity index (χ4v) is 8.95. The number of benzene rings is 8. The summed E-state index contributed by atoms with van der Waals surface area (Å²) in [5.74, 6) is 0. The third kappa shape index (κ3) is 2.38. The minimum Gasteiger partial charge on any atom is -0.289 e. The van der Waals surface area contributed by atoms with Crippen LogP contribution in [0.2, 0.25) is 0 Å². The Bertz CT molecular complexity index is 2400. The summed E-state index contributed by atoms with van der Waals surface area (Å²) in [7, 11) is 0. The monoisotopic (exact) mass is 718 g/mol. The number of hydrogen-bond acceptors (Lipinski definition) is 2. The lowest BCUT2D eigenvalue weighted by molar-refractivity contribution is 1.67. The topological polar surface area (TPSA) is 34.1 Å². The summed E-state index contributed by atoms with van der Waals surface area (Å²) >= 11 is 15.2. The van der Waals surface area contributed by atoms with E-state index in [-0.39, 0.29) is 10.9 Å². The molecule has 0 radical (unpaired) electrons. The summed E-state index contributed by atoms with van der Waals surface area (Å²) in [6, 6.07) is 19.8. The standard InChI is InChI=1S/C30H10Br4O2/c31-17-7-3-6-14-19(17)30(36)15-9-8-11-10-16-12-4-1-2-5-13(12)29(35)25-21(16)23-18(11)20(15)22(14)26(32)24(23)27(33)28(25)34/h1-10H. The molecular weight excluding hydrogens is 712 g/mol. The van der Waals surface area contributed by atoms with Crippen LogP contribution in [0.25, 0.3) is 75.4 Å². The Morgan fingerprint density at radius 2 is 1.08 bits per heavy atom. The van der Waals surface area contributed by atoms with E-state index in [2.05, 4.69) is 69.8 Å². The molecule has 0 unspecified atom stereocenters. The van der Waals surface area contributed by atoms with Crippen LogP contribution in [0.15, 0.2) is 88.1 Å². The fourth-order valence-electron chi connectivity index (χ4n) is 6.16. The van der Waals surface area contributed by atoms with Crippen LogP contribution in [0, 0.1) is 0 Å². The van der Waals surface area contributed by atoms with Crippen molar-refractivity contribution in [3.8, 4) is 0 Å². The lowest BCUT2D eigenvalue weighted by Crippen LogP contribution is -2.08. The fraction of sp³-hybridized carbons (Fsp3) is 0. The molecule has 0 fully saturated rings. The van der Waals surface area contributed by atoms with E-state index in [1.807, 2.05) is 54.6 Å². The van der Waals surface area contributed by atoms with Crippen LogP contribution in [0.1, 0.15) is 0 Å². The first kappa shape index (κ1) is 21.7. The average Bonchev–Trinajstić information content (AvgIpc) is 2.88. The Morgan fingerprint density at radius 1 is 0.417 bits per heavy atom. The number of fused-ring (bicyclic) bond motifs is 4. The summed E-state index contributed by atoms with van der Waals surface area (Å²) in [5.41, 5.74) is 0.00152. The van der Waals surface area contributed by atoms with Gasteiger partial charge in [0.1, 0.15) is 0 Å². The quantitative estimate of drug-likeness (QED) is 0.115. The smallest absolute Gasteiger partial charge is 0.195 e. The average molecular weight is 722 g/mol. The first-order valence-electron chi connectivity index (χ1n) is 11.2. The molecule has 0 saturated carbocycles. The predicted molar refractivity (Wildman–Crippen MR) is 166 cm³/mol. The van der Waals surface area contributed by atoms with Gasteiger partial charge in [0.25, 0.3) is 0 Å². The van der Waals surface area contributed by atoms with Crippen molar-refractivity contribution in [3.63, 3.8) is 0 Å². The summed E-state index contributed by atoms with van der Waals surface area (Å²) in [6.07, 6.45) is 0. The third-order valence-electron chi connectivity index (χ3n) is 7.57. The second-order valence-electron chi connectivity index (χ2n) is 9.19. The molecule has 0 amide bonds. The molecule has 8 aromatic rings. The molecule has 0 aromatic heterocycles. The van der Waals surface area contributed by atoms with Crippen LogP contribution in [0.3, 0.4) is 0 Å². The highest BCUT2D eigenvalue weighted by Gasteiger charge is 2.27. The number of halogens is 4. The molecule has 8 rings (SSSR count). The molecule has 0 heterocycles. The molecular formula is C30H10Br4O2. The van der Waals surface area contributed by atoms with E-state index in [1.54, 1.807) is 0 Å². The Kier molecular flexibility index (Phi) is 4.30. The van der Waals surface area contributed by atoms with Crippen LogP contribution in [0.5, 0.6) is 0 Å². The first-order valence-corrected chi connectivity index (χ1v) is 14.4. The maximum atomic E-state index is 13.8. The van der Waals surface area contributed by atoms with Gasteiger partial charge in [-0.1, -0.05) is 58.4 Å². The van der Waals surface area contributed by atoms with Crippen molar-refractivity contribution in [3.05, 3.63) is 99.0 Å². The van der Waals surface area contributed by atoms with Gasteiger partial charge in [-0.25, -0.2) is 0 Å². The molecule has 0 aliphatic heterocycles. The van der Waals surface area contributed by atoms with Crippen LogP contribution < -0.4 is 10.9 Å². The predicted octanol–water partition coefficient (Wildman–Crippen LogP) is 9.84. The highest BCUT2D eigenvalue weighted by Crippen LogP contribution is 2.53. The maximum Gasteiger partial charge on any atom is 0.195 e. The molecule has 8 aromatic carbocycles. The van der Waals surface area contributed by atoms with Gasteiger partial charge in [-0.2, -0.15) is 0 Å². The molecule has 0 aliphatic carbocycles. The van der Waals surface area contributed by atoms with Crippen LogP contribution in [-0.4, -0.2) is 0 Å². The summed E-state index contributed by atoms with van der Waals surface area (Å²) in [6.45, 7) is 0. The second kappa shape index (κ2) is 7.13. The zero-order valence-electron chi connectivity index (χ0n) is 18.1. The lowest BCUT2D eigenvalue weighted by atomic mass is 9.84. The normalized spacial score (nSPS) is 12.7. The molecule has 0 saturated heterocycles. The number of rotatable bonds is 0. The van der Waals surface area contributed by atoms with E-state index < -0.39 is 0 Å².